The molecule has 0 atom stereocenters. The quantitative estimate of drug-likeness (QED) is 0.749. The van der Waals surface area contributed by atoms with E-state index in [-0.39, 0.29) is 6.42 Å². The predicted octanol–water partition coefficient (Wildman–Crippen LogP) is 2.16. The van der Waals surface area contributed by atoms with Crippen LogP contribution in [0.25, 0.3) is 0 Å². The normalized spacial score (nSPS) is 16.0. The molecule has 0 spiro atoms. The van der Waals surface area contributed by atoms with Gasteiger partial charge in [0.1, 0.15) is 5.60 Å². The summed E-state index contributed by atoms with van der Waals surface area (Å²) in [6.45, 7) is 8.52. The molecule has 19 heavy (non-hydrogen) atoms. The molecule has 1 aliphatic rings. The van der Waals surface area contributed by atoms with Crippen molar-refractivity contribution in [3.63, 3.8) is 0 Å². The summed E-state index contributed by atoms with van der Waals surface area (Å²) in [6.07, 6.45) is 1.84. The van der Waals surface area contributed by atoms with Gasteiger partial charge in [-0.3, -0.25) is 4.79 Å². The van der Waals surface area contributed by atoms with E-state index < -0.39 is 17.7 Å². The van der Waals surface area contributed by atoms with Crippen LogP contribution in [-0.2, 0) is 14.3 Å². The molecular formula is C13H25NO5. The first kappa shape index (κ1) is 17.7. The minimum Gasteiger partial charge on any atom is -0.481 e. The van der Waals surface area contributed by atoms with Gasteiger partial charge < -0.3 is 20.3 Å². The van der Waals surface area contributed by atoms with Crippen LogP contribution >= 0.6 is 0 Å². The number of nitrogens with two attached hydrogens (primary N) is 1. The fourth-order valence-corrected chi connectivity index (χ4v) is 1.14. The molecule has 1 rings (SSSR count). The second-order valence-electron chi connectivity index (χ2n) is 6.04. The number of amides is 1. The van der Waals surface area contributed by atoms with Gasteiger partial charge in [-0.1, -0.05) is 6.92 Å². The highest BCUT2D eigenvalue weighted by Gasteiger charge is 2.37. The number of hydrogen-bond donors (Lipinski definition) is 2. The maximum Gasteiger partial charge on any atom is 0.405 e. The molecule has 0 aromatic carbocycles. The Morgan fingerprint density at radius 2 is 1.84 bits per heavy atom. The minimum atomic E-state index is -0.786. The highest BCUT2D eigenvalue weighted by Crippen LogP contribution is 2.44. The Morgan fingerprint density at radius 3 is 2.11 bits per heavy atom. The monoisotopic (exact) mass is 275 g/mol. The fraction of sp³-hybridized carbons (Fsp3) is 0.846. The molecule has 112 valence electrons. The Morgan fingerprint density at radius 1 is 1.32 bits per heavy atom. The van der Waals surface area contributed by atoms with Crippen molar-refractivity contribution < 1.29 is 24.2 Å². The van der Waals surface area contributed by atoms with Gasteiger partial charge in [0, 0.05) is 0 Å². The maximum atomic E-state index is 10.1. The smallest absolute Gasteiger partial charge is 0.405 e. The van der Waals surface area contributed by atoms with E-state index in [2.05, 4.69) is 11.7 Å². The Balaban J connectivity index is 0.000000362. The molecule has 0 aliphatic heterocycles. The van der Waals surface area contributed by atoms with Crippen molar-refractivity contribution in [2.24, 2.45) is 11.1 Å². The fourth-order valence-electron chi connectivity index (χ4n) is 1.14. The largest absolute Gasteiger partial charge is 0.481 e. The van der Waals surface area contributed by atoms with Crippen LogP contribution in [0.15, 0.2) is 0 Å². The molecule has 0 bridgehead atoms. The molecule has 1 fully saturated rings. The van der Waals surface area contributed by atoms with Crippen molar-refractivity contribution in [1.29, 1.82) is 0 Å². The number of carbonyl (C=O) groups excluding carboxylic acids is 1. The van der Waals surface area contributed by atoms with Crippen LogP contribution in [0.5, 0.6) is 0 Å². The number of aliphatic carboxylic acids is 1. The average Bonchev–Trinajstić information content (AvgIpc) is 2.89. The molecule has 0 heterocycles. The third-order valence-corrected chi connectivity index (χ3v) is 2.42. The summed E-state index contributed by atoms with van der Waals surface area (Å²) in [5, 5.41) is 8.28. The summed E-state index contributed by atoms with van der Waals surface area (Å²) in [4.78, 5) is 20.1. The van der Waals surface area contributed by atoms with E-state index in [4.69, 9.17) is 15.6 Å². The molecule has 0 radical (unpaired) electrons. The van der Waals surface area contributed by atoms with Crippen molar-refractivity contribution in [3.8, 4) is 0 Å². The van der Waals surface area contributed by atoms with Crippen LogP contribution in [-0.4, -0.2) is 36.0 Å². The lowest BCUT2D eigenvalue weighted by Crippen LogP contribution is -2.27. The number of hydrogen-bond acceptors (Lipinski definition) is 4. The third-order valence-electron chi connectivity index (χ3n) is 2.42. The van der Waals surface area contributed by atoms with Gasteiger partial charge in [-0.05, 0) is 39.0 Å². The number of primary amides is 1. The third kappa shape index (κ3) is 12.9. The standard InChI is InChI=1S/C8H14O3.C5H11NO2/c1-8(3-4-8)6-11-5-2-7(9)10;1-5(2,3)8-4(6)7/h2-6H2,1H3,(H,9,10);1-3H3,(H2,6,7). The second-order valence-corrected chi connectivity index (χ2v) is 6.04. The van der Waals surface area contributed by atoms with Crippen molar-refractivity contribution >= 4 is 12.1 Å². The number of carbonyl (C=O) groups is 2. The van der Waals surface area contributed by atoms with Gasteiger partial charge in [0.2, 0.25) is 0 Å². The maximum absolute atomic E-state index is 10.1. The topological polar surface area (TPSA) is 98.9 Å². The van der Waals surface area contributed by atoms with Gasteiger partial charge >= 0.3 is 12.1 Å². The van der Waals surface area contributed by atoms with Crippen molar-refractivity contribution in [2.75, 3.05) is 13.2 Å². The first-order chi connectivity index (χ1) is 8.54. The molecular weight excluding hydrogens is 250 g/mol. The van der Waals surface area contributed by atoms with Crippen molar-refractivity contribution in [3.05, 3.63) is 0 Å². The number of carboxylic acids is 1. The Kier molecular flexibility index (Phi) is 6.83. The molecule has 1 saturated carbocycles. The summed E-state index contributed by atoms with van der Waals surface area (Å²) >= 11 is 0. The minimum absolute atomic E-state index is 0.121. The van der Waals surface area contributed by atoms with E-state index in [0.29, 0.717) is 12.0 Å². The highest BCUT2D eigenvalue weighted by atomic mass is 16.6. The Hall–Kier alpha value is -1.30. The van der Waals surface area contributed by atoms with E-state index in [1.165, 1.54) is 12.8 Å². The van der Waals surface area contributed by atoms with Gasteiger partial charge in [-0.15, -0.1) is 0 Å². The van der Waals surface area contributed by atoms with Crippen molar-refractivity contribution in [1.82, 2.24) is 0 Å². The molecule has 0 aromatic heterocycles. The molecule has 1 amide bonds. The molecule has 0 unspecified atom stereocenters. The number of ether oxygens (including phenoxy) is 2. The lowest BCUT2D eigenvalue weighted by atomic mass is 10.2. The van der Waals surface area contributed by atoms with E-state index in [0.717, 1.165) is 6.61 Å². The average molecular weight is 275 g/mol. The van der Waals surface area contributed by atoms with Crippen LogP contribution in [0.4, 0.5) is 4.79 Å². The second kappa shape index (κ2) is 7.33. The van der Waals surface area contributed by atoms with Crippen LogP contribution in [0.3, 0.4) is 0 Å². The highest BCUT2D eigenvalue weighted by molar-refractivity contribution is 5.66. The zero-order valence-electron chi connectivity index (χ0n) is 12.2. The van der Waals surface area contributed by atoms with E-state index in [9.17, 15) is 9.59 Å². The van der Waals surface area contributed by atoms with Crippen molar-refractivity contribution in [2.45, 2.75) is 52.6 Å². The summed E-state index contributed by atoms with van der Waals surface area (Å²) in [7, 11) is 0. The van der Waals surface area contributed by atoms with Crippen LogP contribution in [0.1, 0.15) is 47.0 Å². The zero-order valence-corrected chi connectivity index (χ0v) is 12.2. The van der Waals surface area contributed by atoms with Crippen LogP contribution in [0.2, 0.25) is 0 Å². The predicted molar refractivity (Wildman–Crippen MR) is 70.8 cm³/mol. The van der Waals surface area contributed by atoms with Gasteiger partial charge in [-0.2, -0.15) is 0 Å². The Bertz CT molecular complexity index is 305. The summed E-state index contributed by atoms with van der Waals surface area (Å²) in [6, 6.07) is 0. The number of carboxylic acid groups (broad SMARTS) is 1. The van der Waals surface area contributed by atoms with E-state index >= 15 is 0 Å². The Labute approximate surface area is 114 Å². The van der Waals surface area contributed by atoms with Crippen LogP contribution < -0.4 is 5.73 Å². The van der Waals surface area contributed by atoms with E-state index in [1.807, 2.05) is 0 Å². The molecule has 6 nitrogen and oxygen atoms in total. The first-order valence-corrected chi connectivity index (χ1v) is 6.32. The number of rotatable bonds is 5. The summed E-state index contributed by atoms with van der Waals surface area (Å²) in [5.41, 5.74) is 4.64. The lowest BCUT2D eigenvalue weighted by molar-refractivity contribution is -0.138. The summed E-state index contributed by atoms with van der Waals surface area (Å²) in [5.74, 6) is -0.786. The van der Waals surface area contributed by atoms with Crippen LogP contribution in [0, 0.1) is 5.41 Å². The molecule has 1 aliphatic carbocycles. The van der Waals surface area contributed by atoms with Gasteiger partial charge in [0.05, 0.1) is 19.6 Å². The van der Waals surface area contributed by atoms with Gasteiger partial charge in [0.15, 0.2) is 0 Å². The SMILES string of the molecule is CC(C)(C)OC(N)=O.CC1(COCCC(=O)O)CC1. The molecule has 3 N–H and O–H groups in total. The molecule has 0 saturated heterocycles. The summed E-state index contributed by atoms with van der Waals surface area (Å²) < 4.78 is 9.77. The molecule has 0 aromatic rings. The van der Waals surface area contributed by atoms with Gasteiger partial charge in [0.25, 0.3) is 0 Å². The van der Waals surface area contributed by atoms with E-state index in [1.54, 1.807) is 20.8 Å². The lowest BCUT2D eigenvalue weighted by Gasteiger charge is -2.16. The first-order valence-electron chi connectivity index (χ1n) is 6.32. The molecule has 6 heteroatoms. The zero-order chi connectivity index (χ0) is 15.1. The van der Waals surface area contributed by atoms with Gasteiger partial charge in [-0.25, -0.2) is 4.79 Å².